The Hall–Kier alpha value is -3.36. The highest BCUT2D eigenvalue weighted by Crippen LogP contribution is 2.26. The number of nitrogens with zero attached hydrogens (tertiary/aromatic N) is 1. The van der Waals surface area contributed by atoms with E-state index in [0.717, 1.165) is 16.1 Å². The van der Waals surface area contributed by atoms with E-state index < -0.39 is 22.0 Å². The Balaban J connectivity index is 1.77. The van der Waals surface area contributed by atoms with Gasteiger partial charge in [-0.25, -0.2) is 8.42 Å². The number of halogens is 1. The van der Waals surface area contributed by atoms with Crippen molar-refractivity contribution in [3.8, 4) is 0 Å². The molecule has 9 heteroatoms. The fourth-order valence-electron chi connectivity index (χ4n) is 3.87. The maximum atomic E-state index is 13.2. The predicted molar refractivity (Wildman–Crippen MR) is 151 cm³/mol. The van der Waals surface area contributed by atoms with Crippen LogP contribution in [0.3, 0.4) is 0 Å². The molecule has 0 saturated heterocycles. The van der Waals surface area contributed by atoms with Crippen LogP contribution in [-0.2, 0) is 20.2 Å². The molecule has 0 bridgehead atoms. The SMILES string of the molecule is CC[C@H](C(=O)Nc1cccc(NC(=O)c2ccc(C(C)(C)C)cc2)c1)N(c1ccc(Cl)cc1)S(C)(=O)=O. The molecule has 7 nitrogen and oxygen atoms in total. The molecule has 3 rings (SSSR count). The number of amides is 2. The number of nitrogens with one attached hydrogen (secondary N) is 2. The molecule has 0 aromatic heterocycles. The topological polar surface area (TPSA) is 95.6 Å². The second-order valence-electron chi connectivity index (χ2n) is 9.81. The van der Waals surface area contributed by atoms with Gasteiger partial charge in [0.25, 0.3) is 5.91 Å². The van der Waals surface area contributed by atoms with Gasteiger partial charge in [-0.2, -0.15) is 0 Å². The van der Waals surface area contributed by atoms with Crippen LogP contribution in [0, 0.1) is 0 Å². The Kier molecular flexibility index (Phi) is 8.66. The van der Waals surface area contributed by atoms with E-state index in [1.54, 1.807) is 67.6 Å². The van der Waals surface area contributed by atoms with Crippen molar-refractivity contribution in [3.63, 3.8) is 0 Å². The number of anilines is 3. The average molecular weight is 542 g/mol. The van der Waals surface area contributed by atoms with Crippen LogP contribution < -0.4 is 14.9 Å². The molecule has 0 aliphatic rings. The van der Waals surface area contributed by atoms with Gasteiger partial charge in [0.1, 0.15) is 6.04 Å². The van der Waals surface area contributed by atoms with Gasteiger partial charge >= 0.3 is 0 Å². The minimum absolute atomic E-state index is 0.0157. The zero-order chi connectivity index (χ0) is 27.4. The molecule has 2 N–H and O–H groups in total. The number of benzene rings is 3. The molecule has 1 atom stereocenters. The number of rotatable bonds is 8. The van der Waals surface area contributed by atoms with Crippen molar-refractivity contribution >= 4 is 50.5 Å². The van der Waals surface area contributed by atoms with Gasteiger partial charge in [0.15, 0.2) is 0 Å². The molecule has 0 unspecified atom stereocenters. The lowest BCUT2D eigenvalue weighted by molar-refractivity contribution is -0.117. The summed E-state index contributed by atoms with van der Waals surface area (Å²) in [6.07, 6.45) is 1.30. The van der Waals surface area contributed by atoms with Crippen LogP contribution in [0.1, 0.15) is 50.0 Å². The van der Waals surface area contributed by atoms with E-state index in [1.165, 1.54) is 0 Å². The molecule has 0 radical (unpaired) electrons. The van der Waals surface area contributed by atoms with Gasteiger partial charge in [-0.1, -0.05) is 57.5 Å². The van der Waals surface area contributed by atoms with Crippen LogP contribution in [0.25, 0.3) is 0 Å². The highest BCUT2D eigenvalue weighted by molar-refractivity contribution is 7.92. The summed E-state index contributed by atoms with van der Waals surface area (Å²) in [7, 11) is -3.77. The highest BCUT2D eigenvalue weighted by Gasteiger charge is 2.31. The van der Waals surface area contributed by atoms with Gasteiger partial charge in [-0.15, -0.1) is 0 Å². The predicted octanol–water partition coefficient (Wildman–Crippen LogP) is 6.07. The third kappa shape index (κ3) is 7.33. The summed E-state index contributed by atoms with van der Waals surface area (Å²) < 4.78 is 26.3. The maximum Gasteiger partial charge on any atom is 0.255 e. The zero-order valence-corrected chi connectivity index (χ0v) is 23.2. The van der Waals surface area contributed by atoms with Gasteiger partial charge in [-0.05, 0) is 72.0 Å². The lowest BCUT2D eigenvalue weighted by Gasteiger charge is -2.30. The van der Waals surface area contributed by atoms with Crippen molar-refractivity contribution in [3.05, 3.63) is 88.9 Å². The Labute approximate surface area is 223 Å². The second-order valence-corrected chi connectivity index (χ2v) is 12.1. The molecular formula is C28H32ClN3O4S. The fourth-order valence-corrected chi connectivity index (χ4v) is 5.21. The zero-order valence-electron chi connectivity index (χ0n) is 21.6. The summed E-state index contributed by atoms with van der Waals surface area (Å²) in [6.45, 7) is 8.06. The first-order valence-electron chi connectivity index (χ1n) is 11.9. The van der Waals surface area contributed by atoms with Crippen molar-refractivity contribution in [1.82, 2.24) is 0 Å². The molecule has 0 aliphatic carbocycles. The minimum Gasteiger partial charge on any atom is -0.324 e. The van der Waals surface area contributed by atoms with Gasteiger partial charge in [-0.3, -0.25) is 13.9 Å². The summed E-state index contributed by atoms with van der Waals surface area (Å²) in [5.74, 6) is -0.773. The van der Waals surface area contributed by atoms with Gasteiger partial charge in [0, 0.05) is 22.0 Å². The van der Waals surface area contributed by atoms with Crippen molar-refractivity contribution < 1.29 is 18.0 Å². The number of carbonyl (C=O) groups excluding carboxylic acids is 2. The third-order valence-corrected chi connectivity index (χ3v) is 7.24. The number of hydrogen-bond donors (Lipinski definition) is 2. The van der Waals surface area contributed by atoms with Crippen LogP contribution in [0.15, 0.2) is 72.8 Å². The Morgan fingerprint density at radius 2 is 1.49 bits per heavy atom. The molecule has 37 heavy (non-hydrogen) atoms. The molecular weight excluding hydrogens is 510 g/mol. The van der Waals surface area contributed by atoms with E-state index in [0.29, 0.717) is 27.6 Å². The quantitative estimate of drug-likeness (QED) is 0.361. The van der Waals surface area contributed by atoms with Crippen molar-refractivity contribution in [1.29, 1.82) is 0 Å². The van der Waals surface area contributed by atoms with Crippen LogP contribution in [0.4, 0.5) is 17.1 Å². The molecule has 0 fully saturated rings. The number of sulfonamides is 1. The first-order chi connectivity index (χ1) is 17.3. The van der Waals surface area contributed by atoms with E-state index in [-0.39, 0.29) is 17.7 Å². The van der Waals surface area contributed by atoms with Crippen molar-refractivity contribution in [2.75, 3.05) is 21.2 Å². The molecule has 0 aliphatic heterocycles. The largest absolute Gasteiger partial charge is 0.324 e. The average Bonchev–Trinajstić information content (AvgIpc) is 2.82. The summed E-state index contributed by atoms with van der Waals surface area (Å²) in [5.41, 5.74) is 2.88. The minimum atomic E-state index is -3.77. The van der Waals surface area contributed by atoms with E-state index >= 15 is 0 Å². The third-order valence-electron chi connectivity index (χ3n) is 5.81. The molecule has 3 aromatic rings. The second kappa shape index (κ2) is 11.4. The van der Waals surface area contributed by atoms with Gasteiger partial charge in [0.05, 0.1) is 11.9 Å². The molecule has 2 amide bonds. The molecule has 0 heterocycles. The number of hydrogen-bond acceptors (Lipinski definition) is 4. The monoisotopic (exact) mass is 541 g/mol. The molecule has 0 saturated carbocycles. The van der Waals surface area contributed by atoms with Crippen LogP contribution in [0.5, 0.6) is 0 Å². The van der Waals surface area contributed by atoms with Crippen LogP contribution in [-0.4, -0.2) is 32.5 Å². The maximum absolute atomic E-state index is 13.2. The summed E-state index contributed by atoms with van der Waals surface area (Å²) in [5, 5.41) is 6.08. The van der Waals surface area contributed by atoms with Crippen molar-refractivity contribution in [2.24, 2.45) is 0 Å². The van der Waals surface area contributed by atoms with Crippen LogP contribution in [0.2, 0.25) is 5.02 Å². The smallest absolute Gasteiger partial charge is 0.255 e. The summed E-state index contributed by atoms with van der Waals surface area (Å²) in [4.78, 5) is 26.0. The summed E-state index contributed by atoms with van der Waals surface area (Å²) in [6, 6.07) is 19.4. The first-order valence-corrected chi connectivity index (χ1v) is 14.1. The Morgan fingerprint density at radius 1 is 0.919 bits per heavy atom. The highest BCUT2D eigenvalue weighted by atomic mass is 35.5. The van der Waals surface area contributed by atoms with Gasteiger partial charge in [0.2, 0.25) is 15.9 Å². The first kappa shape index (κ1) is 28.2. The van der Waals surface area contributed by atoms with Crippen LogP contribution >= 0.6 is 11.6 Å². The molecule has 3 aromatic carbocycles. The fraction of sp³-hybridized carbons (Fsp3) is 0.286. The van der Waals surface area contributed by atoms with E-state index in [9.17, 15) is 18.0 Å². The standard InChI is InChI=1S/C28H32ClN3O4S/c1-6-25(32(37(5,35)36)24-16-14-21(29)15-17-24)27(34)31-23-9-7-8-22(18-23)30-26(33)19-10-12-20(13-11-19)28(2,3)4/h7-18,25H,6H2,1-5H3,(H,30,33)(H,31,34)/t25-/m1/s1. The lowest BCUT2D eigenvalue weighted by atomic mass is 9.87. The van der Waals surface area contributed by atoms with E-state index in [4.69, 9.17) is 11.6 Å². The number of carbonyl (C=O) groups is 2. The van der Waals surface area contributed by atoms with E-state index in [1.807, 2.05) is 12.1 Å². The molecule has 0 spiro atoms. The Bertz CT molecular complexity index is 1370. The normalized spacial score (nSPS) is 12.5. The lowest BCUT2D eigenvalue weighted by Crippen LogP contribution is -2.47. The van der Waals surface area contributed by atoms with Crippen molar-refractivity contribution in [2.45, 2.75) is 45.6 Å². The Morgan fingerprint density at radius 3 is 2.00 bits per heavy atom. The van der Waals surface area contributed by atoms with E-state index in [2.05, 4.69) is 31.4 Å². The van der Waals surface area contributed by atoms with Gasteiger partial charge < -0.3 is 10.6 Å². The molecule has 196 valence electrons. The summed E-state index contributed by atoms with van der Waals surface area (Å²) >= 11 is 5.95.